The van der Waals surface area contributed by atoms with Gasteiger partial charge in [0.05, 0.1) is 12.2 Å². The van der Waals surface area contributed by atoms with E-state index in [2.05, 4.69) is 10.6 Å². The van der Waals surface area contributed by atoms with Crippen LogP contribution in [0.4, 0.5) is 29.3 Å². The lowest BCUT2D eigenvalue weighted by atomic mass is 10.1. The van der Waals surface area contributed by atoms with Crippen LogP contribution in [0.1, 0.15) is 0 Å². The largest absolute Gasteiger partial charge is 0.478 e. The molecule has 0 radical (unpaired) electrons. The molecular formula is C11H9F3N2O4. The Labute approximate surface area is 110 Å². The molecular weight excluding hydrogens is 281 g/mol. The van der Waals surface area contributed by atoms with Crippen LogP contribution in [0.15, 0.2) is 18.2 Å². The van der Waals surface area contributed by atoms with Gasteiger partial charge in [-0.1, -0.05) is 0 Å². The fourth-order valence-electron chi connectivity index (χ4n) is 1.70. The van der Waals surface area contributed by atoms with Crippen LogP contribution in [0.5, 0.6) is 5.75 Å². The van der Waals surface area contributed by atoms with E-state index in [-0.39, 0.29) is 18.0 Å². The number of nitrogens with one attached hydrogen (secondary N) is 2. The predicted molar refractivity (Wildman–Crippen MR) is 62.1 cm³/mol. The highest BCUT2D eigenvalue weighted by atomic mass is 19.4. The Kier molecular flexibility index (Phi) is 3.43. The number of Topliss-reactive ketones (excluding diaryl/α,β-unsaturated/α-hetero) is 1. The summed E-state index contributed by atoms with van der Waals surface area (Å²) in [6, 6.07) is 3.95. The summed E-state index contributed by atoms with van der Waals surface area (Å²) in [7, 11) is 0. The van der Waals surface area contributed by atoms with E-state index in [0.717, 1.165) is 0 Å². The average Bonchev–Trinajstić information content (AvgIpc) is 2.35. The van der Waals surface area contributed by atoms with E-state index in [9.17, 15) is 22.8 Å². The first kappa shape index (κ1) is 14.0. The van der Waals surface area contributed by atoms with Crippen LogP contribution in [-0.2, 0) is 4.79 Å². The number of alkyl halides is 3. The predicted octanol–water partition coefficient (Wildman–Crippen LogP) is 2.08. The molecule has 0 bridgehead atoms. The van der Waals surface area contributed by atoms with Crippen LogP contribution in [0.2, 0.25) is 0 Å². The third kappa shape index (κ3) is 2.92. The summed E-state index contributed by atoms with van der Waals surface area (Å²) in [5, 5.41) is 13.2. The lowest BCUT2D eigenvalue weighted by molar-refractivity contribution is -0.177. The number of amides is 1. The zero-order valence-electron chi connectivity index (χ0n) is 9.82. The molecule has 1 atom stereocenters. The molecule has 108 valence electrons. The van der Waals surface area contributed by atoms with Crippen molar-refractivity contribution in [3.05, 3.63) is 18.2 Å². The fourth-order valence-corrected chi connectivity index (χ4v) is 1.70. The molecule has 0 saturated heterocycles. The van der Waals surface area contributed by atoms with Crippen molar-refractivity contribution in [1.82, 2.24) is 0 Å². The number of carbonyl (C=O) groups is 2. The lowest BCUT2D eigenvalue weighted by Crippen LogP contribution is -2.44. The molecule has 20 heavy (non-hydrogen) atoms. The van der Waals surface area contributed by atoms with E-state index >= 15 is 0 Å². The number of rotatable bonds is 2. The summed E-state index contributed by atoms with van der Waals surface area (Å²) >= 11 is 0. The molecule has 6 nitrogen and oxygen atoms in total. The summed E-state index contributed by atoms with van der Waals surface area (Å²) in [5.74, 6) is -1.92. The van der Waals surface area contributed by atoms with E-state index in [1.54, 1.807) is 0 Å². The maximum absolute atomic E-state index is 12.3. The maximum atomic E-state index is 12.3. The lowest BCUT2D eigenvalue weighted by Gasteiger charge is -2.27. The Morgan fingerprint density at radius 1 is 1.40 bits per heavy atom. The molecule has 0 fully saturated rings. The quantitative estimate of drug-likeness (QED) is 0.776. The number of carbonyl (C=O) groups excluding carboxylic acids is 1. The van der Waals surface area contributed by atoms with Gasteiger partial charge in [-0.25, -0.2) is 4.79 Å². The number of benzene rings is 1. The molecule has 0 aliphatic carbocycles. The average molecular weight is 290 g/mol. The van der Waals surface area contributed by atoms with Gasteiger partial charge < -0.3 is 15.2 Å². The number of carboxylic acid groups (broad SMARTS) is 1. The number of halogens is 3. The van der Waals surface area contributed by atoms with Crippen molar-refractivity contribution in [2.75, 3.05) is 17.2 Å². The van der Waals surface area contributed by atoms with Gasteiger partial charge in [0.2, 0.25) is 0 Å². The van der Waals surface area contributed by atoms with Crippen molar-refractivity contribution in [1.29, 1.82) is 0 Å². The second-order valence-corrected chi connectivity index (χ2v) is 3.99. The minimum Gasteiger partial charge on any atom is -0.478 e. The molecule has 1 unspecified atom stereocenters. The Morgan fingerprint density at radius 3 is 2.70 bits per heavy atom. The van der Waals surface area contributed by atoms with Crippen LogP contribution in [0, 0.1) is 0 Å². The van der Waals surface area contributed by atoms with Gasteiger partial charge in [0.25, 0.3) is 5.78 Å². The van der Waals surface area contributed by atoms with Crippen molar-refractivity contribution >= 4 is 23.3 Å². The third-order valence-corrected chi connectivity index (χ3v) is 2.55. The number of fused-ring (bicyclic) bond motifs is 1. The highest BCUT2D eigenvalue weighted by Crippen LogP contribution is 2.33. The maximum Gasteiger partial charge on any atom is 0.454 e. The van der Waals surface area contributed by atoms with E-state index in [1.165, 1.54) is 18.2 Å². The Bertz CT molecular complexity index is 559. The Balaban J connectivity index is 2.16. The van der Waals surface area contributed by atoms with Crippen LogP contribution in [-0.4, -0.2) is 35.8 Å². The number of anilines is 2. The molecule has 2 rings (SSSR count). The first-order chi connectivity index (χ1) is 9.27. The van der Waals surface area contributed by atoms with Crippen molar-refractivity contribution in [2.24, 2.45) is 0 Å². The first-order valence-corrected chi connectivity index (χ1v) is 5.43. The van der Waals surface area contributed by atoms with Crippen molar-refractivity contribution in [3.8, 4) is 5.75 Å². The van der Waals surface area contributed by atoms with Gasteiger partial charge in [-0.2, -0.15) is 13.2 Å². The van der Waals surface area contributed by atoms with Crippen molar-refractivity contribution < 1.29 is 32.6 Å². The molecule has 1 heterocycles. The molecule has 3 N–H and O–H groups in total. The van der Waals surface area contributed by atoms with Gasteiger partial charge in [-0.05, 0) is 18.2 Å². The monoisotopic (exact) mass is 290 g/mol. The molecule has 0 saturated carbocycles. The van der Waals surface area contributed by atoms with E-state index in [1.807, 2.05) is 0 Å². The van der Waals surface area contributed by atoms with Crippen LogP contribution < -0.4 is 15.4 Å². The van der Waals surface area contributed by atoms with Gasteiger partial charge in [-0.15, -0.1) is 0 Å². The summed E-state index contributed by atoms with van der Waals surface area (Å²) in [6.45, 7) is -0.345. The fraction of sp³-hybridized carbons (Fsp3) is 0.273. The normalized spacial score (nSPS) is 17.4. The van der Waals surface area contributed by atoms with E-state index < -0.39 is 24.2 Å². The van der Waals surface area contributed by atoms with Crippen LogP contribution in [0.3, 0.4) is 0 Å². The third-order valence-electron chi connectivity index (χ3n) is 2.55. The Hall–Kier alpha value is -2.45. The van der Waals surface area contributed by atoms with Gasteiger partial charge in [0, 0.05) is 5.69 Å². The molecule has 1 aliphatic rings. The van der Waals surface area contributed by atoms with E-state index in [4.69, 9.17) is 9.84 Å². The summed E-state index contributed by atoms with van der Waals surface area (Å²) in [5.41, 5.74) is 0.537. The molecule has 1 amide bonds. The first-order valence-electron chi connectivity index (χ1n) is 5.43. The van der Waals surface area contributed by atoms with Crippen LogP contribution in [0.25, 0.3) is 0 Å². The number of ether oxygens (including phenoxy) is 1. The number of hydrogen-bond acceptors (Lipinski definition) is 4. The smallest absolute Gasteiger partial charge is 0.454 e. The summed E-state index contributed by atoms with van der Waals surface area (Å²) in [4.78, 5) is 21.5. The molecule has 9 heteroatoms. The minimum absolute atomic E-state index is 0.0507. The van der Waals surface area contributed by atoms with Gasteiger partial charge in [0.1, 0.15) is 5.75 Å². The summed E-state index contributed by atoms with van der Waals surface area (Å²) < 4.78 is 41.8. The van der Waals surface area contributed by atoms with Crippen molar-refractivity contribution in [3.63, 3.8) is 0 Å². The van der Waals surface area contributed by atoms with Gasteiger partial charge >= 0.3 is 12.3 Å². The second-order valence-electron chi connectivity index (χ2n) is 3.99. The summed E-state index contributed by atoms with van der Waals surface area (Å²) in [6.07, 6.45) is -7.89. The Morgan fingerprint density at radius 2 is 2.10 bits per heavy atom. The molecule has 0 aromatic heterocycles. The standard InChI is InChI=1S/C11H9F3N2O4/c12-11(13,14)9(17)8-4-15-6-3-5(16-10(18)19)1-2-7(6)20-8/h1-3,8,15-16H,4H2,(H,18,19). The number of ketones is 1. The zero-order valence-corrected chi connectivity index (χ0v) is 9.82. The second kappa shape index (κ2) is 4.91. The highest BCUT2D eigenvalue weighted by Gasteiger charge is 2.45. The highest BCUT2D eigenvalue weighted by molar-refractivity contribution is 5.90. The zero-order chi connectivity index (χ0) is 14.9. The van der Waals surface area contributed by atoms with Gasteiger partial charge in [-0.3, -0.25) is 10.1 Å². The van der Waals surface area contributed by atoms with Crippen LogP contribution >= 0.6 is 0 Å². The molecule has 0 spiro atoms. The topological polar surface area (TPSA) is 87.7 Å². The van der Waals surface area contributed by atoms with Gasteiger partial charge in [0.15, 0.2) is 6.10 Å². The molecule has 1 aliphatic heterocycles. The molecule has 1 aromatic carbocycles. The number of hydrogen-bond donors (Lipinski definition) is 3. The minimum atomic E-state index is -4.96. The molecule has 1 aromatic rings. The SMILES string of the molecule is O=C(O)Nc1ccc2c(c1)NCC(C(=O)C(F)(F)F)O2. The van der Waals surface area contributed by atoms with Crippen molar-refractivity contribution in [2.45, 2.75) is 12.3 Å². The van der Waals surface area contributed by atoms with E-state index in [0.29, 0.717) is 5.69 Å².